The van der Waals surface area contributed by atoms with Crippen LogP contribution >= 0.6 is 11.8 Å². The van der Waals surface area contributed by atoms with Crippen molar-refractivity contribution in [1.29, 1.82) is 0 Å². The van der Waals surface area contributed by atoms with Gasteiger partial charge in [0.15, 0.2) is 0 Å². The smallest absolute Gasteiger partial charge is 0.142 e. The van der Waals surface area contributed by atoms with Crippen molar-refractivity contribution in [2.24, 2.45) is 0 Å². The van der Waals surface area contributed by atoms with E-state index in [9.17, 15) is 0 Å². The molecule has 3 nitrogen and oxygen atoms in total. The Hall–Kier alpha value is -1.03. The highest BCUT2D eigenvalue weighted by Gasteiger charge is 2.15. The highest BCUT2D eigenvalue weighted by atomic mass is 32.2. The van der Waals surface area contributed by atoms with Crippen molar-refractivity contribution in [1.82, 2.24) is 0 Å². The third-order valence-electron chi connectivity index (χ3n) is 3.08. The van der Waals surface area contributed by atoms with Crippen LogP contribution in [0.3, 0.4) is 0 Å². The van der Waals surface area contributed by atoms with E-state index in [0.29, 0.717) is 19.3 Å². The maximum atomic E-state index is 5.69. The van der Waals surface area contributed by atoms with Crippen molar-refractivity contribution in [3.05, 3.63) is 18.2 Å². The summed E-state index contributed by atoms with van der Waals surface area (Å²) < 4.78 is 11.3. The quantitative estimate of drug-likeness (QED) is 0.859. The Balaban J connectivity index is 2.11. The first-order valence-electron chi connectivity index (χ1n) is 7.07. The average molecular weight is 281 g/mol. The monoisotopic (exact) mass is 281 g/mol. The van der Waals surface area contributed by atoms with E-state index >= 15 is 0 Å². The van der Waals surface area contributed by atoms with E-state index < -0.39 is 0 Å². The van der Waals surface area contributed by atoms with Crippen molar-refractivity contribution in [2.75, 3.05) is 30.0 Å². The number of nitrogens with one attached hydrogen (secondary N) is 1. The van der Waals surface area contributed by atoms with Gasteiger partial charge in [-0.2, -0.15) is 11.8 Å². The maximum absolute atomic E-state index is 5.69. The molecule has 0 amide bonds. The van der Waals surface area contributed by atoms with E-state index in [2.05, 4.69) is 5.32 Å². The Morgan fingerprint density at radius 2 is 2.11 bits per heavy atom. The predicted molar refractivity (Wildman–Crippen MR) is 82.7 cm³/mol. The third-order valence-corrected chi connectivity index (χ3v) is 4.30. The lowest BCUT2D eigenvalue weighted by Crippen LogP contribution is -2.26. The highest BCUT2D eigenvalue weighted by molar-refractivity contribution is 7.99. The average Bonchev–Trinajstić information content (AvgIpc) is 2.43. The van der Waals surface area contributed by atoms with Crippen LogP contribution in [0.25, 0.3) is 0 Å². The number of hydrogen-bond acceptors (Lipinski definition) is 4. The first-order valence-corrected chi connectivity index (χ1v) is 8.23. The Morgan fingerprint density at radius 1 is 1.26 bits per heavy atom. The van der Waals surface area contributed by atoms with Crippen LogP contribution < -0.4 is 14.8 Å². The second kappa shape index (κ2) is 7.53. The van der Waals surface area contributed by atoms with Gasteiger partial charge in [0.2, 0.25) is 0 Å². The second-order valence-corrected chi connectivity index (χ2v) is 5.73. The summed E-state index contributed by atoms with van der Waals surface area (Å²) in [5.41, 5.74) is 1.06. The number of hydrogen-bond donors (Lipinski definition) is 1. The summed E-state index contributed by atoms with van der Waals surface area (Å²) in [6.07, 6.45) is 2.52. The topological polar surface area (TPSA) is 30.5 Å². The molecule has 1 aromatic rings. The molecule has 1 aromatic carbocycles. The standard InChI is InChI=1S/C15H23NO2S/c1-3-17-13-7-8-15(18-4-2)14(10-13)16-12-6-5-9-19-11-12/h7-8,10,12,16H,3-6,9,11H2,1-2H3. The van der Waals surface area contributed by atoms with E-state index in [0.717, 1.165) is 17.2 Å². The van der Waals surface area contributed by atoms with Crippen molar-refractivity contribution in [2.45, 2.75) is 32.7 Å². The number of benzene rings is 1. The maximum Gasteiger partial charge on any atom is 0.142 e. The Morgan fingerprint density at radius 3 is 2.79 bits per heavy atom. The van der Waals surface area contributed by atoms with Gasteiger partial charge in [-0.25, -0.2) is 0 Å². The number of thioether (sulfide) groups is 1. The number of rotatable bonds is 6. The van der Waals surface area contributed by atoms with Gasteiger partial charge in [0.25, 0.3) is 0 Å². The Labute approximate surface area is 120 Å². The van der Waals surface area contributed by atoms with Gasteiger partial charge in [-0.3, -0.25) is 0 Å². The molecule has 1 fully saturated rings. The summed E-state index contributed by atoms with van der Waals surface area (Å²) in [5, 5.41) is 3.61. The van der Waals surface area contributed by atoms with Crippen molar-refractivity contribution >= 4 is 17.4 Å². The first-order chi connectivity index (χ1) is 9.33. The molecule has 0 aromatic heterocycles. The summed E-state index contributed by atoms with van der Waals surface area (Å²) >= 11 is 2.02. The van der Waals surface area contributed by atoms with Gasteiger partial charge >= 0.3 is 0 Å². The molecule has 0 saturated carbocycles. The molecule has 106 valence electrons. The van der Waals surface area contributed by atoms with Crippen LogP contribution in [0, 0.1) is 0 Å². The molecule has 0 radical (unpaired) electrons. The summed E-state index contributed by atoms with van der Waals surface area (Å²) in [7, 11) is 0. The third kappa shape index (κ3) is 4.23. The van der Waals surface area contributed by atoms with E-state index in [1.807, 2.05) is 43.8 Å². The fourth-order valence-electron chi connectivity index (χ4n) is 2.23. The number of anilines is 1. The molecule has 19 heavy (non-hydrogen) atoms. The zero-order valence-corrected chi connectivity index (χ0v) is 12.6. The van der Waals surface area contributed by atoms with Gasteiger partial charge in [-0.1, -0.05) is 0 Å². The molecule has 0 bridgehead atoms. The van der Waals surface area contributed by atoms with Crippen LogP contribution in [0.15, 0.2) is 18.2 Å². The fraction of sp³-hybridized carbons (Fsp3) is 0.600. The molecule has 1 heterocycles. The van der Waals surface area contributed by atoms with Gasteiger partial charge in [-0.15, -0.1) is 0 Å². The summed E-state index contributed by atoms with van der Waals surface area (Å²) in [6.45, 7) is 5.38. The number of ether oxygens (including phenoxy) is 2. The molecule has 1 aliphatic rings. The normalized spacial score (nSPS) is 18.9. The Kier molecular flexibility index (Phi) is 5.70. The van der Waals surface area contributed by atoms with Gasteiger partial charge < -0.3 is 14.8 Å². The van der Waals surface area contributed by atoms with Gasteiger partial charge in [-0.05, 0) is 44.6 Å². The minimum atomic E-state index is 0.537. The lowest BCUT2D eigenvalue weighted by molar-refractivity contribution is 0.331. The molecule has 1 atom stereocenters. The van der Waals surface area contributed by atoms with E-state index in [-0.39, 0.29) is 0 Å². The lowest BCUT2D eigenvalue weighted by Gasteiger charge is -2.25. The SMILES string of the molecule is CCOc1ccc(OCC)c(NC2CCCSC2)c1. The summed E-state index contributed by atoms with van der Waals surface area (Å²) in [4.78, 5) is 0. The fourth-order valence-corrected chi connectivity index (χ4v) is 3.31. The summed E-state index contributed by atoms with van der Waals surface area (Å²) in [5.74, 6) is 4.28. The molecular formula is C15H23NO2S. The van der Waals surface area contributed by atoms with Crippen molar-refractivity contribution in [3.63, 3.8) is 0 Å². The van der Waals surface area contributed by atoms with Crippen LogP contribution in [-0.2, 0) is 0 Å². The zero-order valence-electron chi connectivity index (χ0n) is 11.8. The van der Waals surface area contributed by atoms with Crippen LogP contribution in [0.4, 0.5) is 5.69 Å². The second-order valence-electron chi connectivity index (χ2n) is 4.58. The van der Waals surface area contributed by atoms with Crippen LogP contribution in [0.5, 0.6) is 11.5 Å². The zero-order chi connectivity index (χ0) is 13.5. The van der Waals surface area contributed by atoms with Gasteiger partial charge in [0, 0.05) is 17.9 Å². The van der Waals surface area contributed by atoms with Gasteiger partial charge in [0.05, 0.1) is 18.9 Å². The highest BCUT2D eigenvalue weighted by Crippen LogP contribution is 2.31. The molecule has 0 spiro atoms. The Bertz CT molecular complexity index is 392. The molecular weight excluding hydrogens is 258 g/mol. The van der Waals surface area contributed by atoms with Crippen LogP contribution in [0.2, 0.25) is 0 Å². The molecule has 2 rings (SSSR count). The molecule has 1 unspecified atom stereocenters. The first kappa shape index (κ1) is 14.4. The van der Waals surface area contributed by atoms with E-state index in [1.54, 1.807) is 0 Å². The minimum Gasteiger partial charge on any atom is -0.494 e. The van der Waals surface area contributed by atoms with Crippen LogP contribution in [-0.4, -0.2) is 30.8 Å². The van der Waals surface area contributed by atoms with E-state index in [1.165, 1.54) is 24.3 Å². The molecule has 1 saturated heterocycles. The molecule has 0 aliphatic carbocycles. The largest absolute Gasteiger partial charge is 0.494 e. The lowest BCUT2D eigenvalue weighted by atomic mass is 10.1. The minimum absolute atomic E-state index is 0.537. The molecule has 4 heteroatoms. The van der Waals surface area contributed by atoms with Crippen LogP contribution in [0.1, 0.15) is 26.7 Å². The predicted octanol–water partition coefficient (Wildman–Crippen LogP) is 3.79. The van der Waals surface area contributed by atoms with Crippen molar-refractivity contribution < 1.29 is 9.47 Å². The summed E-state index contributed by atoms with van der Waals surface area (Å²) in [6, 6.07) is 6.55. The molecule has 1 aliphatic heterocycles. The molecule has 1 N–H and O–H groups in total. The van der Waals surface area contributed by atoms with Gasteiger partial charge in [0.1, 0.15) is 11.5 Å². The van der Waals surface area contributed by atoms with E-state index in [4.69, 9.17) is 9.47 Å². The van der Waals surface area contributed by atoms with Crippen molar-refractivity contribution in [3.8, 4) is 11.5 Å².